The Morgan fingerprint density at radius 2 is 1.77 bits per heavy atom. The van der Waals surface area contributed by atoms with Crippen LogP contribution in [0, 0.1) is 11.6 Å². The van der Waals surface area contributed by atoms with E-state index in [0.717, 1.165) is 12.1 Å². The molecule has 0 spiro atoms. The molecule has 0 bridgehead atoms. The minimum Gasteiger partial charge on any atom is -0.482 e. The smallest absolute Gasteiger partial charge is 0.262 e. The molecule has 5 nitrogen and oxygen atoms in total. The molecule has 4 rings (SSSR count). The molecule has 4 aromatic rings. The third kappa shape index (κ3) is 4.74. The second kappa shape index (κ2) is 8.70. The summed E-state index contributed by atoms with van der Waals surface area (Å²) in [7, 11) is 0. The van der Waals surface area contributed by atoms with Crippen molar-refractivity contribution in [3.8, 4) is 17.2 Å². The fraction of sp³-hybridized carbons (Fsp3) is 0.0476. The Kier molecular flexibility index (Phi) is 6.00. The number of aromatic nitrogens is 1. The first-order chi connectivity index (χ1) is 14.8. The van der Waals surface area contributed by atoms with Gasteiger partial charge in [0.25, 0.3) is 5.91 Å². The van der Waals surface area contributed by atoms with E-state index in [1.807, 2.05) is 0 Å². The van der Waals surface area contributed by atoms with Gasteiger partial charge in [0.2, 0.25) is 5.89 Å². The largest absolute Gasteiger partial charge is 0.482 e. The zero-order valence-corrected chi connectivity index (χ0v) is 17.7. The molecule has 0 saturated carbocycles. The summed E-state index contributed by atoms with van der Waals surface area (Å²) in [6, 6.07) is 11.1. The fourth-order valence-corrected chi connectivity index (χ4v) is 3.43. The van der Waals surface area contributed by atoms with E-state index in [1.54, 1.807) is 30.3 Å². The summed E-state index contributed by atoms with van der Waals surface area (Å²) in [6.07, 6.45) is 0. The van der Waals surface area contributed by atoms with Crippen LogP contribution in [0.3, 0.4) is 0 Å². The average molecular weight is 484 g/mol. The molecule has 1 aromatic heterocycles. The highest BCUT2D eigenvalue weighted by Gasteiger charge is 2.16. The molecular formula is C21H11Cl3F2N2O3. The van der Waals surface area contributed by atoms with E-state index < -0.39 is 17.5 Å². The van der Waals surface area contributed by atoms with E-state index in [9.17, 15) is 13.6 Å². The van der Waals surface area contributed by atoms with Crippen LogP contribution in [0.4, 0.5) is 14.5 Å². The zero-order chi connectivity index (χ0) is 22.1. The van der Waals surface area contributed by atoms with Crippen molar-refractivity contribution in [1.82, 2.24) is 4.98 Å². The van der Waals surface area contributed by atoms with Crippen LogP contribution in [0.2, 0.25) is 15.1 Å². The summed E-state index contributed by atoms with van der Waals surface area (Å²) in [6.45, 7) is -0.284. The SMILES string of the molecule is O=C(COc1ccc(Cl)cc1Cl)Nc1ccc2oc(-c3cc(F)c(F)cc3Cl)nc2c1. The number of carbonyl (C=O) groups excluding carboxylic acids is 1. The van der Waals surface area contributed by atoms with Gasteiger partial charge in [-0.25, -0.2) is 13.8 Å². The number of rotatable bonds is 5. The molecule has 0 atom stereocenters. The van der Waals surface area contributed by atoms with Crippen molar-refractivity contribution >= 4 is 57.5 Å². The Balaban J connectivity index is 1.49. The third-order valence-corrected chi connectivity index (χ3v) is 5.01. The number of amides is 1. The topological polar surface area (TPSA) is 64.4 Å². The van der Waals surface area contributed by atoms with E-state index in [2.05, 4.69) is 10.3 Å². The first-order valence-corrected chi connectivity index (χ1v) is 9.87. The number of fused-ring (bicyclic) bond motifs is 1. The molecule has 10 heteroatoms. The molecule has 31 heavy (non-hydrogen) atoms. The Hall–Kier alpha value is -2.87. The molecular weight excluding hydrogens is 473 g/mol. The van der Waals surface area contributed by atoms with Gasteiger partial charge in [0.1, 0.15) is 11.3 Å². The second-order valence-corrected chi connectivity index (χ2v) is 7.61. The molecule has 0 aliphatic heterocycles. The van der Waals surface area contributed by atoms with Crippen molar-refractivity contribution < 1.29 is 22.7 Å². The maximum absolute atomic E-state index is 13.6. The Labute approximate surface area is 189 Å². The molecule has 1 heterocycles. The van der Waals surface area contributed by atoms with Gasteiger partial charge in [0.05, 0.1) is 15.6 Å². The summed E-state index contributed by atoms with van der Waals surface area (Å²) in [5.74, 6) is -2.24. The van der Waals surface area contributed by atoms with Crippen molar-refractivity contribution in [2.45, 2.75) is 0 Å². The summed E-state index contributed by atoms with van der Waals surface area (Å²) >= 11 is 17.8. The van der Waals surface area contributed by atoms with Gasteiger partial charge in [-0.15, -0.1) is 0 Å². The van der Waals surface area contributed by atoms with Crippen molar-refractivity contribution in [2.24, 2.45) is 0 Å². The maximum atomic E-state index is 13.6. The highest BCUT2D eigenvalue weighted by molar-refractivity contribution is 6.35. The molecule has 0 aliphatic carbocycles. The summed E-state index contributed by atoms with van der Waals surface area (Å²) in [5.41, 5.74) is 1.29. The van der Waals surface area contributed by atoms with Gasteiger partial charge in [-0.1, -0.05) is 34.8 Å². The van der Waals surface area contributed by atoms with E-state index in [-0.39, 0.29) is 28.1 Å². The molecule has 1 amide bonds. The van der Waals surface area contributed by atoms with Gasteiger partial charge in [0, 0.05) is 10.7 Å². The van der Waals surface area contributed by atoms with Gasteiger partial charge >= 0.3 is 0 Å². The van der Waals surface area contributed by atoms with Gasteiger partial charge < -0.3 is 14.5 Å². The number of oxazole rings is 1. The maximum Gasteiger partial charge on any atom is 0.262 e. The van der Waals surface area contributed by atoms with Gasteiger partial charge in [-0.05, 0) is 48.5 Å². The number of hydrogen-bond donors (Lipinski definition) is 1. The van der Waals surface area contributed by atoms with Crippen LogP contribution in [0.1, 0.15) is 0 Å². The standard InChI is InChI=1S/C21H11Cl3F2N2O3/c22-10-1-3-18(14(24)5-10)30-9-20(29)27-11-2-4-19-17(6-11)28-21(31-19)12-7-15(25)16(26)8-13(12)23/h1-8H,9H2,(H,27,29). The lowest BCUT2D eigenvalue weighted by Gasteiger charge is -2.09. The molecule has 0 aliphatic rings. The molecule has 3 aromatic carbocycles. The molecule has 1 N–H and O–H groups in total. The van der Waals surface area contributed by atoms with Crippen LogP contribution in [-0.4, -0.2) is 17.5 Å². The van der Waals surface area contributed by atoms with E-state index in [0.29, 0.717) is 27.6 Å². The number of benzene rings is 3. The molecule has 0 unspecified atom stereocenters. The number of ether oxygens (including phenoxy) is 1. The quantitative estimate of drug-likeness (QED) is 0.319. The van der Waals surface area contributed by atoms with Crippen LogP contribution < -0.4 is 10.1 Å². The van der Waals surface area contributed by atoms with Crippen LogP contribution in [0.15, 0.2) is 52.9 Å². The Morgan fingerprint density at radius 1 is 1.00 bits per heavy atom. The van der Waals surface area contributed by atoms with Gasteiger partial charge in [-0.2, -0.15) is 0 Å². The number of nitrogens with one attached hydrogen (secondary N) is 1. The number of hydrogen-bond acceptors (Lipinski definition) is 4. The first-order valence-electron chi connectivity index (χ1n) is 8.73. The minimum absolute atomic E-state index is 0.0168. The Morgan fingerprint density at radius 3 is 2.55 bits per heavy atom. The van der Waals surface area contributed by atoms with Crippen LogP contribution in [-0.2, 0) is 4.79 Å². The fourth-order valence-electron chi connectivity index (χ4n) is 2.74. The number of halogens is 5. The van der Waals surface area contributed by atoms with Gasteiger partial charge in [-0.3, -0.25) is 4.79 Å². The molecule has 0 fully saturated rings. The lowest BCUT2D eigenvalue weighted by atomic mass is 10.2. The van der Waals surface area contributed by atoms with Crippen molar-refractivity contribution in [3.05, 3.63) is 75.2 Å². The second-order valence-electron chi connectivity index (χ2n) is 6.36. The minimum atomic E-state index is -1.07. The molecule has 158 valence electrons. The van der Waals surface area contributed by atoms with E-state index in [4.69, 9.17) is 44.0 Å². The average Bonchev–Trinajstić information content (AvgIpc) is 3.13. The Bertz CT molecular complexity index is 1310. The normalized spacial score (nSPS) is 11.0. The predicted molar refractivity (Wildman–Crippen MR) is 115 cm³/mol. The van der Waals surface area contributed by atoms with Crippen molar-refractivity contribution in [2.75, 3.05) is 11.9 Å². The molecule has 0 saturated heterocycles. The third-order valence-electron chi connectivity index (χ3n) is 4.16. The van der Waals surface area contributed by atoms with Crippen molar-refractivity contribution in [1.29, 1.82) is 0 Å². The number of nitrogens with zero attached hydrogens (tertiary/aromatic N) is 1. The molecule has 0 radical (unpaired) electrons. The lowest BCUT2D eigenvalue weighted by molar-refractivity contribution is -0.118. The van der Waals surface area contributed by atoms with Crippen molar-refractivity contribution in [3.63, 3.8) is 0 Å². The highest BCUT2D eigenvalue weighted by Crippen LogP contribution is 2.32. The predicted octanol–water partition coefficient (Wildman–Crippen LogP) is 6.75. The summed E-state index contributed by atoms with van der Waals surface area (Å²) < 4.78 is 37.8. The van der Waals surface area contributed by atoms with E-state index >= 15 is 0 Å². The van der Waals surface area contributed by atoms with Crippen LogP contribution in [0.25, 0.3) is 22.6 Å². The van der Waals surface area contributed by atoms with E-state index in [1.165, 1.54) is 6.07 Å². The van der Waals surface area contributed by atoms with Crippen LogP contribution >= 0.6 is 34.8 Å². The number of anilines is 1. The highest BCUT2D eigenvalue weighted by atomic mass is 35.5. The van der Waals surface area contributed by atoms with Crippen LogP contribution in [0.5, 0.6) is 5.75 Å². The summed E-state index contributed by atoms with van der Waals surface area (Å²) in [5, 5.41) is 3.35. The lowest BCUT2D eigenvalue weighted by Crippen LogP contribution is -2.20. The number of carbonyl (C=O) groups is 1. The first kappa shape index (κ1) is 21.4. The zero-order valence-electron chi connectivity index (χ0n) is 15.4. The monoisotopic (exact) mass is 482 g/mol. The van der Waals surface area contributed by atoms with Gasteiger partial charge in [0.15, 0.2) is 23.8 Å². The summed E-state index contributed by atoms with van der Waals surface area (Å²) in [4.78, 5) is 16.4.